The summed E-state index contributed by atoms with van der Waals surface area (Å²) in [7, 11) is -0.245. The number of thioether (sulfide) groups is 1. The smallest absolute Gasteiger partial charge is 0.246 e. The number of H-pyrrole nitrogens is 1. The van der Waals surface area contributed by atoms with Crippen LogP contribution in [0.3, 0.4) is 0 Å². The Kier molecular flexibility index (Phi) is 7.49. The second-order valence-electron chi connectivity index (χ2n) is 7.27. The van der Waals surface area contributed by atoms with Gasteiger partial charge in [0.15, 0.2) is 5.16 Å². The Morgan fingerprint density at radius 1 is 0.882 bits per heavy atom. The van der Waals surface area contributed by atoms with Crippen LogP contribution in [0.25, 0.3) is 22.5 Å². The van der Waals surface area contributed by atoms with E-state index in [1.165, 1.54) is 24.2 Å². The van der Waals surface area contributed by atoms with E-state index >= 15 is 0 Å². The summed E-state index contributed by atoms with van der Waals surface area (Å²) < 4.78 is 35.3. The van der Waals surface area contributed by atoms with Crippen LogP contribution in [0.5, 0.6) is 11.5 Å². The van der Waals surface area contributed by atoms with Crippen LogP contribution < -0.4 is 9.47 Å². The fourth-order valence-corrected chi connectivity index (χ4v) is 5.44. The lowest BCUT2D eigenvalue weighted by Crippen LogP contribution is -2.11. The Morgan fingerprint density at radius 3 is 2.06 bits per heavy atom. The molecule has 0 fully saturated rings. The first kappa shape index (κ1) is 23.8. The standard InChI is InChI=1S/C24H24N4O4S2/c1-31-19-9-5-17(6-10-19)21-22(18-7-11-20(32-2)12-8-18)28-23(27-21)33-15-4-16-34(29,30)24-25-13-3-14-26-24/h3,5-14H,4,15-16H2,1-2H3,(H,27,28). The summed E-state index contributed by atoms with van der Waals surface area (Å²) in [5, 5.41) is 0.576. The van der Waals surface area contributed by atoms with Crippen molar-refractivity contribution in [1.82, 2.24) is 19.9 Å². The van der Waals surface area contributed by atoms with Crippen LogP contribution in [-0.4, -0.2) is 54.1 Å². The van der Waals surface area contributed by atoms with Gasteiger partial charge < -0.3 is 14.5 Å². The third kappa shape index (κ3) is 5.57. The molecule has 4 rings (SSSR count). The highest BCUT2D eigenvalue weighted by Crippen LogP contribution is 2.34. The number of methoxy groups -OCH3 is 2. The number of ether oxygens (including phenoxy) is 2. The van der Waals surface area contributed by atoms with Crippen molar-refractivity contribution in [2.24, 2.45) is 0 Å². The van der Waals surface area contributed by atoms with Gasteiger partial charge in [0.2, 0.25) is 15.0 Å². The number of aromatic nitrogens is 4. The molecule has 2 heterocycles. The molecule has 0 spiro atoms. The van der Waals surface area contributed by atoms with E-state index in [0.717, 1.165) is 34.0 Å². The van der Waals surface area contributed by atoms with E-state index < -0.39 is 9.84 Å². The topological polar surface area (TPSA) is 107 Å². The molecule has 34 heavy (non-hydrogen) atoms. The van der Waals surface area contributed by atoms with Gasteiger partial charge in [0, 0.05) is 29.3 Å². The summed E-state index contributed by atoms with van der Waals surface area (Å²) in [4.78, 5) is 15.9. The Hall–Kier alpha value is -3.37. The van der Waals surface area contributed by atoms with Gasteiger partial charge in [-0.05, 0) is 61.0 Å². The van der Waals surface area contributed by atoms with Crippen LogP contribution in [0.15, 0.2) is 77.3 Å². The highest BCUT2D eigenvalue weighted by Gasteiger charge is 2.18. The van der Waals surface area contributed by atoms with Crippen molar-refractivity contribution in [1.29, 1.82) is 0 Å². The largest absolute Gasteiger partial charge is 0.497 e. The molecule has 4 aromatic rings. The number of nitrogens with one attached hydrogen (secondary N) is 1. The predicted octanol–water partition coefficient (Wildman–Crippen LogP) is 4.51. The molecule has 0 atom stereocenters. The Balaban J connectivity index is 1.52. The van der Waals surface area contributed by atoms with Gasteiger partial charge in [0.1, 0.15) is 11.5 Å². The van der Waals surface area contributed by atoms with E-state index in [-0.39, 0.29) is 10.9 Å². The Labute approximate surface area is 202 Å². The van der Waals surface area contributed by atoms with E-state index in [0.29, 0.717) is 17.3 Å². The number of aromatic amines is 1. The number of benzene rings is 2. The average Bonchev–Trinajstić information content (AvgIpc) is 3.31. The molecular weight excluding hydrogens is 472 g/mol. The van der Waals surface area contributed by atoms with Crippen LogP contribution in [0, 0.1) is 0 Å². The number of imidazole rings is 1. The fraction of sp³-hybridized carbons (Fsp3) is 0.208. The highest BCUT2D eigenvalue weighted by atomic mass is 32.2. The van der Waals surface area contributed by atoms with Crippen LogP contribution >= 0.6 is 11.8 Å². The Morgan fingerprint density at radius 2 is 1.47 bits per heavy atom. The van der Waals surface area contributed by atoms with Crippen molar-refractivity contribution in [3.05, 3.63) is 67.0 Å². The van der Waals surface area contributed by atoms with Gasteiger partial charge in [-0.3, -0.25) is 0 Å². The van der Waals surface area contributed by atoms with E-state index in [9.17, 15) is 8.42 Å². The quantitative estimate of drug-likeness (QED) is 0.194. The van der Waals surface area contributed by atoms with Gasteiger partial charge in [-0.1, -0.05) is 11.8 Å². The molecule has 0 saturated heterocycles. The van der Waals surface area contributed by atoms with Crippen molar-refractivity contribution in [3.63, 3.8) is 0 Å². The van der Waals surface area contributed by atoms with Gasteiger partial charge in [0.25, 0.3) is 0 Å². The van der Waals surface area contributed by atoms with Crippen LogP contribution in [0.4, 0.5) is 0 Å². The third-order valence-corrected chi connectivity index (χ3v) is 7.59. The lowest BCUT2D eigenvalue weighted by atomic mass is 10.0. The van der Waals surface area contributed by atoms with Crippen molar-refractivity contribution in [3.8, 4) is 34.0 Å². The predicted molar refractivity (Wildman–Crippen MR) is 132 cm³/mol. The van der Waals surface area contributed by atoms with Gasteiger partial charge in [0.05, 0.1) is 31.4 Å². The van der Waals surface area contributed by atoms with Gasteiger partial charge in [-0.25, -0.2) is 23.4 Å². The molecule has 8 nitrogen and oxygen atoms in total. The molecule has 0 aliphatic heterocycles. The molecule has 0 unspecified atom stereocenters. The average molecular weight is 497 g/mol. The minimum atomic E-state index is -3.51. The summed E-state index contributed by atoms with van der Waals surface area (Å²) in [5.41, 5.74) is 3.59. The van der Waals surface area contributed by atoms with Crippen LogP contribution in [-0.2, 0) is 9.84 Å². The molecule has 0 aliphatic rings. The Bertz CT molecular complexity index is 1260. The molecule has 0 radical (unpaired) electrons. The third-order valence-electron chi connectivity index (χ3n) is 5.04. The first-order valence-corrected chi connectivity index (χ1v) is 13.2. The number of hydrogen-bond acceptors (Lipinski definition) is 8. The lowest BCUT2D eigenvalue weighted by Gasteiger charge is -2.06. The summed E-state index contributed by atoms with van der Waals surface area (Å²) >= 11 is 1.47. The second-order valence-corrected chi connectivity index (χ2v) is 10.4. The molecule has 0 bridgehead atoms. The van der Waals surface area contributed by atoms with Crippen molar-refractivity contribution in [2.75, 3.05) is 25.7 Å². The maximum absolute atomic E-state index is 12.4. The van der Waals surface area contributed by atoms with Crippen molar-refractivity contribution >= 4 is 21.6 Å². The minimum Gasteiger partial charge on any atom is -0.497 e. The second kappa shape index (κ2) is 10.7. The van der Waals surface area contributed by atoms with Crippen LogP contribution in [0.2, 0.25) is 0 Å². The number of hydrogen-bond donors (Lipinski definition) is 1. The molecule has 1 N–H and O–H groups in total. The molecule has 2 aromatic carbocycles. The number of nitrogens with zero attached hydrogens (tertiary/aromatic N) is 3. The van der Waals surface area contributed by atoms with Crippen LogP contribution in [0.1, 0.15) is 6.42 Å². The zero-order valence-electron chi connectivity index (χ0n) is 18.8. The molecule has 0 aliphatic carbocycles. The molecule has 176 valence electrons. The van der Waals surface area contributed by atoms with E-state index in [4.69, 9.17) is 14.5 Å². The summed E-state index contributed by atoms with van der Waals surface area (Å²) in [6.45, 7) is 0. The fourth-order valence-electron chi connectivity index (χ4n) is 3.30. The molecule has 0 saturated carbocycles. The summed E-state index contributed by atoms with van der Waals surface area (Å²) in [6.07, 6.45) is 3.31. The zero-order chi connectivity index (χ0) is 24.0. The molecule has 2 aromatic heterocycles. The number of sulfone groups is 1. The normalized spacial score (nSPS) is 11.4. The van der Waals surface area contributed by atoms with E-state index in [1.807, 2.05) is 48.5 Å². The maximum Gasteiger partial charge on any atom is 0.246 e. The first-order valence-electron chi connectivity index (χ1n) is 10.5. The number of rotatable bonds is 10. The maximum atomic E-state index is 12.4. The molecule has 0 amide bonds. The molecular formula is C24H24N4O4S2. The van der Waals surface area contributed by atoms with Gasteiger partial charge in [-0.2, -0.15) is 0 Å². The van der Waals surface area contributed by atoms with Gasteiger partial charge >= 0.3 is 0 Å². The zero-order valence-corrected chi connectivity index (χ0v) is 20.4. The summed E-state index contributed by atoms with van der Waals surface area (Å²) in [6, 6.07) is 17.0. The van der Waals surface area contributed by atoms with E-state index in [2.05, 4.69) is 15.0 Å². The first-order chi connectivity index (χ1) is 16.5. The SMILES string of the molecule is COc1ccc(-c2nc(SCCCS(=O)(=O)c3ncccn3)[nH]c2-c2ccc(OC)cc2)cc1. The lowest BCUT2D eigenvalue weighted by molar-refractivity contribution is 0.414. The minimum absolute atomic E-state index is 0.0264. The van der Waals surface area contributed by atoms with Crippen molar-refractivity contribution < 1.29 is 17.9 Å². The van der Waals surface area contributed by atoms with E-state index in [1.54, 1.807) is 20.3 Å². The summed E-state index contributed by atoms with van der Waals surface area (Å²) in [5.74, 6) is 2.08. The van der Waals surface area contributed by atoms with Gasteiger partial charge in [-0.15, -0.1) is 0 Å². The highest BCUT2D eigenvalue weighted by molar-refractivity contribution is 7.99. The molecule has 10 heteroatoms. The monoisotopic (exact) mass is 496 g/mol. The van der Waals surface area contributed by atoms with Crippen molar-refractivity contribution in [2.45, 2.75) is 16.7 Å².